The first-order valence-corrected chi connectivity index (χ1v) is 7.40. The summed E-state index contributed by atoms with van der Waals surface area (Å²) in [5, 5.41) is 3.08. The molecule has 2 aliphatic rings. The van der Waals surface area contributed by atoms with E-state index in [0.29, 0.717) is 0 Å². The maximum absolute atomic E-state index is 12.4. The zero-order valence-electron chi connectivity index (χ0n) is 12.1. The molecule has 3 heterocycles. The van der Waals surface area contributed by atoms with Crippen molar-refractivity contribution < 1.29 is 4.79 Å². The highest BCUT2D eigenvalue weighted by Crippen LogP contribution is 2.30. The minimum absolute atomic E-state index is 0.221. The first-order valence-electron chi connectivity index (χ1n) is 7.40. The summed E-state index contributed by atoms with van der Waals surface area (Å²) in [4.78, 5) is 24.3. The molecule has 2 saturated heterocycles. The number of rotatable bonds is 2. The molecule has 0 atom stereocenters. The van der Waals surface area contributed by atoms with Gasteiger partial charge in [0.1, 0.15) is 5.54 Å². The van der Waals surface area contributed by atoms with Gasteiger partial charge in [0, 0.05) is 44.6 Å². The number of carbonyl (C=O) groups is 1. The van der Waals surface area contributed by atoms with Gasteiger partial charge in [-0.15, -0.1) is 0 Å². The lowest BCUT2D eigenvalue weighted by Gasteiger charge is -2.44. The molecule has 6 nitrogen and oxygen atoms in total. The normalized spacial score (nSPS) is 24.6. The molecule has 20 heavy (non-hydrogen) atoms. The van der Waals surface area contributed by atoms with Crippen molar-refractivity contribution in [3.8, 4) is 0 Å². The Balaban J connectivity index is 1.65. The second-order valence-electron chi connectivity index (χ2n) is 5.92. The predicted molar refractivity (Wildman–Crippen MR) is 76.1 cm³/mol. The van der Waals surface area contributed by atoms with Gasteiger partial charge in [0.15, 0.2) is 0 Å². The van der Waals surface area contributed by atoms with E-state index in [-0.39, 0.29) is 11.4 Å². The van der Waals surface area contributed by atoms with Crippen molar-refractivity contribution in [2.45, 2.75) is 31.3 Å². The van der Waals surface area contributed by atoms with Gasteiger partial charge >= 0.3 is 0 Å². The van der Waals surface area contributed by atoms with Crippen molar-refractivity contribution in [1.82, 2.24) is 25.1 Å². The molecular weight excluding hydrogens is 254 g/mol. The van der Waals surface area contributed by atoms with Crippen LogP contribution in [0.15, 0.2) is 12.5 Å². The van der Waals surface area contributed by atoms with E-state index < -0.39 is 0 Å². The molecule has 0 bridgehead atoms. The van der Waals surface area contributed by atoms with E-state index in [0.717, 1.165) is 57.7 Å². The number of likely N-dealkylation sites (N-methyl/N-ethyl adjacent to an activating group) is 1. The van der Waals surface area contributed by atoms with Gasteiger partial charge in [-0.2, -0.15) is 0 Å². The number of carbonyl (C=O) groups excluding carboxylic acids is 1. The molecule has 0 aliphatic carbocycles. The van der Waals surface area contributed by atoms with E-state index in [4.69, 9.17) is 0 Å². The Morgan fingerprint density at radius 2 is 2.15 bits per heavy atom. The molecule has 6 heteroatoms. The number of nitrogens with zero attached hydrogens (tertiary/aromatic N) is 3. The summed E-state index contributed by atoms with van der Waals surface area (Å²) in [5.41, 5.74) is 0.848. The van der Waals surface area contributed by atoms with E-state index in [9.17, 15) is 4.79 Å². The van der Waals surface area contributed by atoms with Gasteiger partial charge in [-0.05, 0) is 26.3 Å². The van der Waals surface area contributed by atoms with Crippen molar-refractivity contribution in [3.63, 3.8) is 0 Å². The molecule has 2 fully saturated rings. The quantitative estimate of drug-likeness (QED) is 0.810. The summed E-state index contributed by atoms with van der Waals surface area (Å²) in [6.07, 6.45) is 6.44. The Hall–Kier alpha value is -1.40. The zero-order chi connectivity index (χ0) is 14.0. The second kappa shape index (κ2) is 5.54. The molecule has 0 unspecified atom stereocenters. The van der Waals surface area contributed by atoms with Crippen LogP contribution in [0, 0.1) is 0 Å². The van der Waals surface area contributed by atoms with Crippen LogP contribution in [0.3, 0.4) is 0 Å². The van der Waals surface area contributed by atoms with Crippen molar-refractivity contribution in [1.29, 1.82) is 0 Å². The average molecular weight is 277 g/mol. The fourth-order valence-electron chi connectivity index (χ4n) is 3.37. The third kappa shape index (κ3) is 2.45. The van der Waals surface area contributed by atoms with Gasteiger partial charge in [0.05, 0.1) is 6.33 Å². The number of hydrogen-bond acceptors (Lipinski definition) is 4. The number of aromatic nitrogens is 2. The maximum atomic E-state index is 12.4. The lowest BCUT2D eigenvalue weighted by molar-refractivity contribution is -0.134. The molecule has 0 aromatic carbocycles. The highest BCUT2D eigenvalue weighted by Gasteiger charge is 2.45. The second-order valence-corrected chi connectivity index (χ2v) is 5.92. The molecule has 1 amide bonds. The molecule has 3 rings (SSSR count). The molecule has 1 spiro atoms. The Bertz CT molecular complexity index is 450. The van der Waals surface area contributed by atoms with Crippen molar-refractivity contribution in [2.24, 2.45) is 0 Å². The standard InChI is InChI=1S/C14H23N5O/c1-18-6-2-5-16-13(20)14(18)3-7-19(8-4-14)10-12-9-15-11-17-12/h9,11H,2-8,10H2,1H3,(H,15,17)(H,16,20). The van der Waals surface area contributed by atoms with Crippen LogP contribution in [-0.4, -0.2) is 64.4 Å². The summed E-state index contributed by atoms with van der Waals surface area (Å²) >= 11 is 0. The number of likely N-dealkylation sites (tertiary alicyclic amines) is 1. The van der Waals surface area contributed by atoms with Crippen LogP contribution in [0.1, 0.15) is 25.0 Å². The Morgan fingerprint density at radius 3 is 2.85 bits per heavy atom. The Labute approximate surface area is 119 Å². The van der Waals surface area contributed by atoms with Gasteiger partial charge in [0.2, 0.25) is 5.91 Å². The van der Waals surface area contributed by atoms with Crippen LogP contribution in [0.2, 0.25) is 0 Å². The van der Waals surface area contributed by atoms with Crippen LogP contribution in [0.25, 0.3) is 0 Å². The number of piperidine rings is 1. The zero-order valence-corrected chi connectivity index (χ0v) is 12.1. The number of imidazole rings is 1. The highest BCUT2D eigenvalue weighted by atomic mass is 16.2. The maximum Gasteiger partial charge on any atom is 0.240 e. The third-order valence-electron chi connectivity index (χ3n) is 4.74. The molecule has 1 aromatic rings. The van der Waals surface area contributed by atoms with Crippen LogP contribution in [0.5, 0.6) is 0 Å². The third-order valence-corrected chi connectivity index (χ3v) is 4.74. The minimum atomic E-state index is -0.291. The fraction of sp³-hybridized carbons (Fsp3) is 0.714. The summed E-state index contributed by atoms with van der Waals surface area (Å²) in [5.74, 6) is 0.221. The monoisotopic (exact) mass is 277 g/mol. The van der Waals surface area contributed by atoms with E-state index in [2.05, 4.69) is 32.1 Å². The highest BCUT2D eigenvalue weighted by molar-refractivity contribution is 5.86. The van der Waals surface area contributed by atoms with Gasteiger partial charge in [-0.25, -0.2) is 4.98 Å². The lowest BCUT2D eigenvalue weighted by Crippen LogP contribution is -2.60. The van der Waals surface area contributed by atoms with Crippen LogP contribution < -0.4 is 5.32 Å². The first kappa shape index (κ1) is 13.6. The lowest BCUT2D eigenvalue weighted by atomic mass is 9.85. The first-order chi connectivity index (χ1) is 9.71. The van der Waals surface area contributed by atoms with Gasteiger partial charge < -0.3 is 10.3 Å². The summed E-state index contributed by atoms with van der Waals surface area (Å²) in [7, 11) is 2.09. The summed E-state index contributed by atoms with van der Waals surface area (Å²) in [6, 6.07) is 0. The molecule has 2 aliphatic heterocycles. The van der Waals surface area contributed by atoms with Crippen LogP contribution in [0.4, 0.5) is 0 Å². The number of aromatic amines is 1. The molecule has 1 aromatic heterocycles. The number of H-pyrrole nitrogens is 1. The van der Waals surface area contributed by atoms with E-state index in [1.807, 2.05) is 6.20 Å². The van der Waals surface area contributed by atoms with Gasteiger partial charge in [-0.1, -0.05) is 0 Å². The van der Waals surface area contributed by atoms with E-state index >= 15 is 0 Å². The van der Waals surface area contributed by atoms with E-state index in [1.165, 1.54) is 0 Å². The number of hydrogen-bond donors (Lipinski definition) is 2. The smallest absolute Gasteiger partial charge is 0.240 e. The van der Waals surface area contributed by atoms with Crippen LogP contribution in [-0.2, 0) is 11.3 Å². The fourth-order valence-corrected chi connectivity index (χ4v) is 3.37. The predicted octanol–water partition coefficient (Wildman–Crippen LogP) is 0.196. The molecular formula is C14H23N5O. The Morgan fingerprint density at radius 1 is 1.35 bits per heavy atom. The molecule has 2 N–H and O–H groups in total. The van der Waals surface area contributed by atoms with Crippen molar-refractivity contribution >= 4 is 5.91 Å². The molecule has 0 saturated carbocycles. The SMILES string of the molecule is CN1CCCNC(=O)C12CCN(Cc1cnc[nH]1)CC2. The van der Waals surface area contributed by atoms with Crippen molar-refractivity contribution in [3.05, 3.63) is 18.2 Å². The number of amides is 1. The van der Waals surface area contributed by atoms with Gasteiger partial charge in [-0.3, -0.25) is 14.6 Å². The molecule has 0 radical (unpaired) electrons. The van der Waals surface area contributed by atoms with Gasteiger partial charge in [0.25, 0.3) is 0 Å². The van der Waals surface area contributed by atoms with E-state index in [1.54, 1.807) is 6.33 Å². The minimum Gasteiger partial charge on any atom is -0.354 e. The van der Waals surface area contributed by atoms with Crippen LogP contribution >= 0.6 is 0 Å². The number of nitrogens with one attached hydrogen (secondary N) is 2. The van der Waals surface area contributed by atoms with Crippen molar-refractivity contribution in [2.75, 3.05) is 33.2 Å². The summed E-state index contributed by atoms with van der Waals surface area (Å²) < 4.78 is 0. The Kier molecular flexibility index (Phi) is 3.76. The summed E-state index contributed by atoms with van der Waals surface area (Å²) in [6.45, 7) is 4.61. The largest absolute Gasteiger partial charge is 0.354 e. The average Bonchev–Trinajstić information content (AvgIpc) is 2.92. The molecule has 110 valence electrons. The topological polar surface area (TPSA) is 64.3 Å².